The van der Waals surface area contributed by atoms with Gasteiger partial charge in [-0.15, -0.1) is 0 Å². The van der Waals surface area contributed by atoms with E-state index in [1.807, 2.05) is 6.92 Å². The Bertz CT molecular complexity index is 399. The molecule has 18 heavy (non-hydrogen) atoms. The smallest absolute Gasteiger partial charge is 0.166 e. The maximum absolute atomic E-state index is 12.8. The Labute approximate surface area is 113 Å². The summed E-state index contributed by atoms with van der Waals surface area (Å²) in [6.07, 6.45) is 4.97. The van der Waals surface area contributed by atoms with Gasteiger partial charge in [0.1, 0.15) is 5.82 Å². The summed E-state index contributed by atoms with van der Waals surface area (Å²) >= 11 is 5.30. The number of hydrogen-bond acceptors (Lipinski definition) is 1. The van der Waals surface area contributed by atoms with Crippen LogP contribution in [0, 0.1) is 5.82 Å². The zero-order valence-corrected chi connectivity index (χ0v) is 11.4. The third-order valence-corrected chi connectivity index (χ3v) is 3.64. The highest BCUT2D eigenvalue weighted by atomic mass is 32.1. The van der Waals surface area contributed by atoms with Crippen LogP contribution in [-0.4, -0.2) is 11.2 Å². The number of halogens is 1. The molecule has 1 aliphatic rings. The van der Waals surface area contributed by atoms with Crippen molar-refractivity contribution in [3.05, 3.63) is 35.6 Å². The minimum Gasteiger partial charge on any atom is -0.360 e. The Morgan fingerprint density at radius 1 is 1.28 bits per heavy atom. The van der Waals surface area contributed by atoms with Gasteiger partial charge in [0.2, 0.25) is 0 Å². The first-order valence-corrected chi connectivity index (χ1v) is 6.88. The monoisotopic (exact) mass is 266 g/mol. The van der Waals surface area contributed by atoms with Crippen molar-refractivity contribution >= 4 is 17.3 Å². The van der Waals surface area contributed by atoms with Crippen molar-refractivity contribution in [3.63, 3.8) is 0 Å². The van der Waals surface area contributed by atoms with Gasteiger partial charge in [0.15, 0.2) is 5.11 Å². The molecule has 2 N–H and O–H groups in total. The van der Waals surface area contributed by atoms with E-state index in [1.165, 1.54) is 37.8 Å². The van der Waals surface area contributed by atoms with Gasteiger partial charge in [-0.2, -0.15) is 0 Å². The van der Waals surface area contributed by atoms with Gasteiger partial charge in [-0.3, -0.25) is 0 Å². The van der Waals surface area contributed by atoms with Crippen LogP contribution in [0.5, 0.6) is 0 Å². The Morgan fingerprint density at radius 3 is 2.50 bits per heavy atom. The molecule has 0 heterocycles. The minimum atomic E-state index is -0.211. The molecule has 4 heteroatoms. The Morgan fingerprint density at radius 2 is 1.89 bits per heavy atom. The zero-order valence-electron chi connectivity index (χ0n) is 10.6. The van der Waals surface area contributed by atoms with E-state index in [-0.39, 0.29) is 11.9 Å². The van der Waals surface area contributed by atoms with Crippen molar-refractivity contribution in [3.8, 4) is 0 Å². The predicted octanol–water partition coefficient (Wildman–Crippen LogP) is 3.29. The first-order chi connectivity index (χ1) is 8.65. The van der Waals surface area contributed by atoms with Crippen molar-refractivity contribution in [2.45, 2.75) is 44.7 Å². The van der Waals surface area contributed by atoms with Gasteiger partial charge in [-0.25, -0.2) is 4.39 Å². The van der Waals surface area contributed by atoms with Crippen LogP contribution in [0.1, 0.15) is 44.2 Å². The van der Waals surface area contributed by atoms with Crippen molar-refractivity contribution in [2.24, 2.45) is 0 Å². The summed E-state index contributed by atoms with van der Waals surface area (Å²) < 4.78 is 12.8. The fourth-order valence-corrected chi connectivity index (χ4v) is 2.67. The molecule has 1 aliphatic carbocycles. The summed E-state index contributed by atoms with van der Waals surface area (Å²) in [5, 5.41) is 7.27. The molecule has 1 aromatic rings. The van der Waals surface area contributed by atoms with E-state index in [2.05, 4.69) is 10.6 Å². The van der Waals surface area contributed by atoms with Gasteiger partial charge in [0.25, 0.3) is 0 Å². The predicted molar refractivity (Wildman–Crippen MR) is 75.9 cm³/mol. The molecule has 1 fully saturated rings. The zero-order chi connectivity index (χ0) is 13.0. The van der Waals surface area contributed by atoms with Crippen molar-refractivity contribution in [1.82, 2.24) is 10.6 Å². The Balaban J connectivity index is 1.84. The maximum Gasteiger partial charge on any atom is 0.166 e. The number of nitrogens with one attached hydrogen (secondary N) is 2. The third-order valence-electron chi connectivity index (χ3n) is 3.41. The van der Waals surface area contributed by atoms with Gasteiger partial charge in [0, 0.05) is 6.04 Å². The lowest BCUT2D eigenvalue weighted by Gasteiger charge is -2.20. The number of hydrogen-bond donors (Lipinski definition) is 2. The van der Waals surface area contributed by atoms with Gasteiger partial charge in [-0.1, -0.05) is 25.0 Å². The normalized spacial score (nSPS) is 17.4. The molecule has 1 aromatic carbocycles. The van der Waals surface area contributed by atoms with Crippen LogP contribution in [0.15, 0.2) is 24.3 Å². The van der Waals surface area contributed by atoms with Crippen molar-refractivity contribution in [1.29, 1.82) is 0 Å². The van der Waals surface area contributed by atoms with Crippen LogP contribution in [0.25, 0.3) is 0 Å². The van der Waals surface area contributed by atoms with Gasteiger partial charge >= 0.3 is 0 Å². The minimum absolute atomic E-state index is 0.0898. The standard InChI is InChI=1S/C14H19FN2S/c1-10(11-6-8-12(15)9-7-11)16-14(18)17-13-4-2-3-5-13/h6-10,13H,2-5H2,1H3,(H2,16,17,18). The SMILES string of the molecule is CC(NC(=S)NC1CCCC1)c1ccc(F)cc1. The fraction of sp³-hybridized carbons (Fsp3) is 0.500. The van der Waals surface area contributed by atoms with E-state index >= 15 is 0 Å². The van der Waals surface area contributed by atoms with E-state index in [0.717, 1.165) is 5.56 Å². The molecule has 1 unspecified atom stereocenters. The highest BCUT2D eigenvalue weighted by molar-refractivity contribution is 7.80. The molecule has 0 aromatic heterocycles. The van der Waals surface area contributed by atoms with Crippen molar-refractivity contribution in [2.75, 3.05) is 0 Å². The van der Waals surface area contributed by atoms with Crippen LogP contribution in [-0.2, 0) is 0 Å². The lowest BCUT2D eigenvalue weighted by Crippen LogP contribution is -2.41. The molecule has 1 atom stereocenters. The molecule has 2 nitrogen and oxygen atoms in total. The molecular weight excluding hydrogens is 247 g/mol. The average Bonchev–Trinajstić information content (AvgIpc) is 2.82. The highest BCUT2D eigenvalue weighted by Gasteiger charge is 2.16. The van der Waals surface area contributed by atoms with Gasteiger partial charge in [0.05, 0.1) is 6.04 Å². The third kappa shape index (κ3) is 3.67. The molecule has 2 rings (SSSR count). The van der Waals surface area contributed by atoms with Crippen LogP contribution in [0.3, 0.4) is 0 Å². The summed E-state index contributed by atoms with van der Waals surface area (Å²) in [6.45, 7) is 2.02. The molecule has 0 aliphatic heterocycles. The second-order valence-electron chi connectivity index (χ2n) is 4.87. The molecule has 0 saturated heterocycles. The lowest BCUT2D eigenvalue weighted by atomic mass is 10.1. The largest absolute Gasteiger partial charge is 0.360 e. The number of benzene rings is 1. The highest BCUT2D eigenvalue weighted by Crippen LogP contribution is 2.18. The molecular formula is C14H19FN2S. The molecule has 98 valence electrons. The molecule has 0 amide bonds. The second kappa shape index (κ2) is 6.14. The van der Waals surface area contributed by atoms with Gasteiger partial charge < -0.3 is 10.6 Å². The maximum atomic E-state index is 12.8. The summed E-state index contributed by atoms with van der Waals surface area (Å²) in [7, 11) is 0. The van der Waals surface area contributed by atoms with Crippen LogP contribution < -0.4 is 10.6 Å². The second-order valence-corrected chi connectivity index (χ2v) is 5.28. The average molecular weight is 266 g/mol. The molecule has 1 saturated carbocycles. The summed E-state index contributed by atoms with van der Waals surface area (Å²) in [5.74, 6) is -0.211. The van der Waals surface area contributed by atoms with E-state index in [0.29, 0.717) is 11.2 Å². The molecule has 0 radical (unpaired) electrons. The number of thiocarbonyl (C=S) groups is 1. The summed E-state index contributed by atoms with van der Waals surface area (Å²) in [4.78, 5) is 0. The first-order valence-electron chi connectivity index (χ1n) is 6.47. The molecule has 0 bridgehead atoms. The Hall–Kier alpha value is -1.16. The topological polar surface area (TPSA) is 24.1 Å². The summed E-state index contributed by atoms with van der Waals surface area (Å²) in [6, 6.07) is 7.12. The summed E-state index contributed by atoms with van der Waals surface area (Å²) in [5.41, 5.74) is 1.03. The van der Waals surface area contributed by atoms with Crippen LogP contribution >= 0.6 is 12.2 Å². The molecule has 0 spiro atoms. The van der Waals surface area contributed by atoms with Crippen LogP contribution in [0.2, 0.25) is 0 Å². The fourth-order valence-electron chi connectivity index (χ4n) is 2.33. The van der Waals surface area contributed by atoms with Crippen LogP contribution in [0.4, 0.5) is 4.39 Å². The van der Waals surface area contributed by atoms with Gasteiger partial charge in [-0.05, 0) is 49.7 Å². The first kappa shape index (κ1) is 13.3. The quantitative estimate of drug-likeness (QED) is 0.821. The van der Waals surface area contributed by atoms with E-state index in [9.17, 15) is 4.39 Å². The Kier molecular flexibility index (Phi) is 4.53. The van der Waals surface area contributed by atoms with E-state index in [4.69, 9.17) is 12.2 Å². The lowest BCUT2D eigenvalue weighted by molar-refractivity contribution is 0.603. The van der Waals surface area contributed by atoms with E-state index in [1.54, 1.807) is 12.1 Å². The van der Waals surface area contributed by atoms with E-state index < -0.39 is 0 Å². The number of rotatable bonds is 3. The van der Waals surface area contributed by atoms with Crippen molar-refractivity contribution < 1.29 is 4.39 Å².